The van der Waals surface area contributed by atoms with Crippen LogP contribution >= 0.6 is 0 Å². The summed E-state index contributed by atoms with van der Waals surface area (Å²) in [5.41, 5.74) is 4.82. The average Bonchev–Trinajstić information content (AvgIpc) is 3.51. The molecule has 0 spiro atoms. The fourth-order valence-electron chi connectivity index (χ4n) is 4.86. The van der Waals surface area contributed by atoms with Gasteiger partial charge in [0.15, 0.2) is 0 Å². The van der Waals surface area contributed by atoms with Gasteiger partial charge in [0, 0.05) is 44.1 Å². The van der Waals surface area contributed by atoms with Crippen molar-refractivity contribution in [3.8, 4) is 17.1 Å². The largest absolute Gasteiger partial charge is 0.339 e. The van der Waals surface area contributed by atoms with Crippen molar-refractivity contribution < 1.29 is 9.32 Å². The molecule has 0 atom stereocenters. The molecule has 190 valence electrons. The minimum atomic E-state index is 0.0670. The Hall–Kier alpha value is -3.78. The highest BCUT2D eigenvalue weighted by Gasteiger charge is 2.31. The first-order valence-electron chi connectivity index (χ1n) is 13.2. The Morgan fingerprint density at radius 1 is 1.00 bits per heavy atom. The molecule has 8 heteroatoms. The van der Waals surface area contributed by atoms with Crippen LogP contribution in [0, 0.1) is 6.92 Å². The molecule has 0 unspecified atom stereocenters. The number of hydrogen-bond acceptors (Lipinski definition) is 6. The smallest absolute Gasteiger partial charge is 0.272 e. The molecule has 1 amide bonds. The Balaban J connectivity index is 1.02. The number of carbonyl (C=O) groups excluding carboxylic acids is 1. The van der Waals surface area contributed by atoms with Crippen molar-refractivity contribution in [3.05, 3.63) is 83.5 Å². The van der Waals surface area contributed by atoms with E-state index >= 15 is 0 Å². The molecule has 1 aliphatic heterocycles. The molecule has 2 aliphatic rings. The highest BCUT2D eigenvalue weighted by Crippen LogP contribution is 2.40. The molecule has 1 saturated heterocycles. The van der Waals surface area contributed by atoms with E-state index in [0.717, 1.165) is 75.4 Å². The lowest BCUT2D eigenvalue weighted by molar-refractivity contribution is 0.0626. The zero-order valence-corrected chi connectivity index (χ0v) is 21.2. The first-order valence-corrected chi connectivity index (χ1v) is 13.2. The standard InChI is InChI=1S/C29H32N6O2/c1-21-9-11-23(12-10-21)28-30-27(37-32-28)8-5-15-33-16-18-34(19-17-33)29(36)26-20-25(22-13-14-22)31-35(26)24-6-3-2-4-7-24/h2-4,6-7,9-12,20,22H,5,8,13-19H2,1H3. The first kappa shape index (κ1) is 23.6. The van der Waals surface area contributed by atoms with Crippen LogP contribution in [0.2, 0.25) is 0 Å². The summed E-state index contributed by atoms with van der Waals surface area (Å²) < 4.78 is 7.30. The summed E-state index contributed by atoms with van der Waals surface area (Å²) in [7, 11) is 0. The summed E-state index contributed by atoms with van der Waals surface area (Å²) in [5.74, 6) is 1.88. The van der Waals surface area contributed by atoms with Crippen molar-refractivity contribution in [3.63, 3.8) is 0 Å². The Bertz CT molecular complexity index is 1350. The number of aromatic nitrogens is 4. The molecule has 37 heavy (non-hydrogen) atoms. The van der Waals surface area contributed by atoms with Crippen molar-refractivity contribution in [2.75, 3.05) is 32.7 Å². The van der Waals surface area contributed by atoms with Crippen molar-refractivity contribution >= 4 is 5.91 Å². The predicted molar refractivity (Wildman–Crippen MR) is 141 cm³/mol. The van der Waals surface area contributed by atoms with E-state index in [0.29, 0.717) is 23.3 Å². The number of amides is 1. The molecule has 2 aromatic carbocycles. The molecule has 6 rings (SSSR count). The third-order valence-electron chi connectivity index (χ3n) is 7.25. The van der Waals surface area contributed by atoms with Gasteiger partial charge in [-0.25, -0.2) is 4.68 Å². The third-order valence-corrected chi connectivity index (χ3v) is 7.25. The van der Waals surface area contributed by atoms with Gasteiger partial charge in [0.1, 0.15) is 5.69 Å². The molecule has 8 nitrogen and oxygen atoms in total. The molecule has 4 aromatic rings. The normalized spacial score (nSPS) is 16.3. The average molecular weight is 497 g/mol. The second-order valence-electron chi connectivity index (χ2n) is 10.1. The van der Waals surface area contributed by atoms with Gasteiger partial charge < -0.3 is 9.42 Å². The fourth-order valence-corrected chi connectivity index (χ4v) is 4.86. The third kappa shape index (κ3) is 5.34. The Morgan fingerprint density at radius 2 is 1.76 bits per heavy atom. The highest BCUT2D eigenvalue weighted by molar-refractivity contribution is 5.93. The number of nitrogens with zero attached hydrogens (tertiary/aromatic N) is 6. The van der Waals surface area contributed by atoms with E-state index in [1.54, 1.807) is 0 Å². The van der Waals surface area contributed by atoms with Crippen LogP contribution in [0.15, 0.2) is 65.2 Å². The van der Waals surface area contributed by atoms with Crippen molar-refractivity contribution in [1.82, 2.24) is 29.7 Å². The van der Waals surface area contributed by atoms with Crippen LogP contribution in [-0.2, 0) is 6.42 Å². The predicted octanol–water partition coefficient (Wildman–Crippen LogP) is 4.50. The van der Waals surface area contributed by atoms with Crippen LogP contribution in [0.5, 0.6) is 0 Å². The van der Waals surface area contributed by atoms with Gasteiger partial charge in [-0.2, -0.15) is 10.1 Å². The van der Waals surface area contributed by atoms with Gasteiger partial charge in [-0.15, -0.1) is 0 Å². The van der Waals surface area contributed by atoms with Crippen molar-refractivity contribution in [2.45, 2.75) is 38.5 Å². The van der Waals surface area contributed by atoms with Gasteiger partial charge >= 0.3 is 0 Å². The lowest BCUT2D eigenvalue weighted by atomic mass is 10.1. The topological polar surface area (TPSA) is 80.3 Å². The Morgan fingerprint density at radius 3 is 2.49 bits per heavy atom. The van der Waals surface area contributed by atoms with E-state index in [1.807, 2.05) is 58.1 Å². The fraction of sp³-hybridized carbons (Fsp3) is 0.379. The van der Waals surface area contributed by atoms with E-state index in [2.05, 4.69) is 34.1 Å². The quantitative estimate of drug-likeness (QED) is 0.357. The summed E-state index contributed by atoms with van der Waals surface area (Å²) in [5, 5.41) is 8.94. The minimum absolute atomic E-state index is 0.0670. The van der Waals surface area contributed by atoms with Gasteiger partial charge in [0.2, 0.25) is 11.7 Å². The minimum Gasteiger partial charge on any atom is -0.339 e. The van der Waals surface area contributed by atoms with E-state index in [-0.39, 0.29) is 5.91 Å². The van der Waals surface area contributed by atoms with E-state index < -0.39 is 0 Å². The van der Waals surface area contributed by atoms with Crippen LogP contribution < -0.4 is 0 Å². The van der Waals surface area contributed by atoms with Crippen LogP contribution in [0.25, 0.3) is 17.1 Å². The van der Waals surface area contributed by atoms with Gasteiger partial charge in [-0.05, 0) is 50.9 Å². The number of hydrogen-bond donors (Lipinski definition) is 0. The maximum atomic E-state index is 13.5. The molecule has 2 aromatic heterocycles. The van der Waals surface area contributed by atoms with Crippen LogP contribution in [-0.4, -0.2) is 68.4 Å². The monoisotopic (exact) mass is 496 g/mol. The van der Waals surface area contributed by atoms with Gasteiger partial charge in [0.25, 0.3) is 5.91 Å². The number of aryl methyl sites for hydroxylation is 2. The molecular weight excluding hydrogens is 464 g/mol. The highest BCUT2D eigenvalue weighted by atomic mass is 16.5. The van der Waals surface area contributed by atoms with E-state index in [9.17, 15) is 4.79 Å². The van der Waals surface area contributed by atoms with E-state index in [4.69, 9.17) is 9.62 Å². The zero-order valence-electron chi connectivity index (χ0n) is 21.2. The Labute approximate surface area is 216 Å². The molecule has 2 fully saturated rings. The second kappa shape index (κ2) is 10.3. The summed E-state index contributed by atoms with van der Waals surface area (Å²) in [6.07, 6.45) is 4.01. The van der Waals surface area contributed by atoms with Crippen molar-refractivity contribution in [2.24, 2.45) is 0 Å². The van der Waals surface area contributed by atoms with Gasteiger partial charge in [-0.1, -0.05) is 53.2 Å². The van der Waals surface area contributed by atoms with Crippen molar-refractivity contribution in [1.29, 1.82) is 0 Å². The molecule has 0 N–H and O–H groups in total. The molecule has 1 aliphatic carbocycles. The number of piperazine rings is 1. The van der Waals surface area contributed by atoms with Crippen LogP contribution in [0.3, 0.4) is 0 Å². The molecule has 0 bridgehead atoms. The summed E-state index contributed by atoms with van der Waals surface area (Å²) in [6, 6.07) is 20.1. The summed E-state index contributed by atoms with van der Waals surface area (Å²) >= 11 is 0. The number of rotatable bonds is 8. The maximum Gasteiger partial charge on any atom is 0.272 e. The van der Waals surface area contributed by atoms with Crippen LogP contribution in [0.4, 0.5) is 0 Å². The summed E-state index contributed by atoms with van der Waals surface area (Å²) in [6.45, 7) is 6.16. The molecule has 3 heterocycles. The molecule has 1 saturated carbocycles. The zero-order chi connectivity index (χ0) is 25.2. The first-order chi connectivity index (χ1) is 18.1. The lowest BCUT2D eigenvalue weighted by Crippen LogP contribution is -2.49. The van der Waals surface area contributed by atoms with E-state index in [1.165, 1.54) is 5.56 Å². The summed E-state index contributed by atoms with van der Waals surface area (Å²) in [4.78, 5) is 22.4. The SMILES string of the molecule is Cc1ccc(-c2noc(CCCN3CCN(C(=O)c4cc(C5CC5)nn4-c4ccccc4)CC3)n2)cc1. The van der Waals surface area contributed by atoms with Crippen LogP contribution in [0.1, 0.15) is 52.8 Å². The molecular formula is C29H32N6O2. The maximum absolute atomic E-state index is 13.5. The number of para-hydroxylation sites is 1. The second-order valence-corrected chi connectivity index (χ2v) is 10.1. The number of carbonyl (C=O) groups is 1. The molecule has 0 radical (unpaired) electrons. The lowest BCUT2D eigenvalue weighted by Gasteiger charge is -2.34. The number of benzene rings is 2. The Kier molecular flexibility index (Phi) is 6.57. The van der Waals surface area contributed by atoms with Gasteiger partial charge in [0.05, 0.1) is 11.4 Å². The van der Waals surface area contributed by atoms with Gasteiger partial charge in [-0.3, -0.25) is 9.69 Å².